The molecule has 0 fully saturated rings. The molecule has 0 spiro atoms. The molecular formula is C21H15N5O5S. The summed E-state index contributed by atoms with van der Waals surface area (Å²) in [6.45, 7) is 1.24. The van der Waals surface area contributed by atoms with E-state index in [4.69, 9.17) is 0 Å². The molecule has 0 atom stereocenters. The molecule has 0 radical (unpaired) electrons. The Morgan fingerprint density at radius 3 is 2.56 bits per heavy atom. The van der Waals surface area contributed by atoms with Crippen LogP contribution in [-0.2, 0) is 4.79 Å². The average Bonchev–Trinajstić information content (AvgIpc) is 3.01. The number of nitrogens with one attached hydrogen (secondary N) is 1. The SMILES string of the molecule is Cc1cc(Sc2ncccn2)ccc1NC(=O)CN1C(=O)c2cccc([N+](=O)[O-])c2C1=O. The van der Waals surface area contributed by atoms with Gasteiger partial charge < -0.3 is 5.32 Å². The van der Waals surface area contributed by atoms with Gasteiger partial charge in [0.1, 0.15) is 12.1 Å². The molecule has 32 heavy (non-hydrogen) atoms. The van der Waals surface area contributed by atoms with E-state index in [9.17, 15) is 24.5 Å². The lowest BCUT2D eigenvalue weighted by Gasteiger charge is -2.15. The van der Waals surface area contributed by atoms with E-state index < -0.39 is 34.9 Å². The Labute approximate surface area is 185 Å². The smallest absolute Gasteiger partial charge is 0.282 e. The number of nitro groups is 1. The van der Waals surface area contributed by atoms with E-state index in [2.05, 4.69) is 15.3 Å². The molecule has 0 saturated carbocycles. The van der Waals surface area contributed by atoms with Crippen molar-refractivity contribution >= 4 is 40.9 Å². The molecule has 3 aromatic rings. The fraction of sp³-hybridized carbons (Fsp3) is 0.0952. The molecule has 3 amide bonds. The lowest BCUT2D eigenvalue weighted by Crippen LogP contribution is -2.37. The number of nitrogens with zero attached hydrogens (tertiary/aromatic N) is 4. The van der Waals surface area contributed by atoms with Crippen LogP contribution in [-0.4, -0.2) is 44.1 Å². The van der Waals surface area contributed by atoms with E-state index in [0.717, 1.165) is 16.5 Å². The molecule has 4 rings (SSSR count). The third kappa shape index (κ3) is 4.05. The Morgan fingerprint density at radius 2 is 1.88 bits per heavy atom. The number of aromatic nitrogens is 2. The number of hydrogen-bond acceptors (Lipinski definition) is 8. The normalized spacial score (nSPS) is 12.6. The van der Waals surface area contributed by atoms with Gasteiger partial charge in [0, 0.05) is 29.0 Å². The molecule has 1 N–H and O–H groups in total. The standard InChI is InChI=1S/C21H15N5O5S/c1-12-10-13(32-21-22-8-3-9-23-21)6-7-15(12)24-17(27)11-25-19(28)14-4-2-5-16(26(30)31)18(14)20(25)29/h2-10H,11H2,1H3,(H,24,27). The van der Waals surface area contributed by atoms with Crippen molar-refractivity contribution in [2.24, 2.45) is 0 Å². The number of anilines is 1. The van der Waals surface area contributed by atoms with Crippen LogP contribution in [0.15, 0.2) is 64.9 Å². The fourth-order valence-corrected chi connectivity index (χ4v) is 4.04. The summed E-state index contributed by atoms with van der Waals surface area (Å²) >= 11 is 1.37. The second-order valence-electron chi connectivity index (χ2n) is 6.81. The molecule has 1 aliphatic rings. The fourth-order valence-electron chi connectivity index (χ4n) is 3.23. The molecule has 0 saturated heterocycles. The van der Waals surface area contributed by atoms with E-state index >= 15 is 0 Å². The molecule has 10 nitrogen and oxygen atoms in total. The van der Waals surface area contributed by atoms with Gasteiger partial charge in [0.2, 0.25) is 5.91 Å². The average molecular weight is 449 g/mol. The van der Waals surface area contributed by atoms with Crippen LogP contribution in [0.2, 0.25) is 0 Å². The van der Waals surface area contributed by atoms with E-state index in [1.54, 1.807) is 37.5 Å². The number of carbonyl (C=O) groups excluding carboxylic acids is 3. The number of carbonyl (C=O) groups is 3. The summed E-state index contributed by atoms with van der Waals surface area (Å²) in [5.41, 5.74) is 0.428. The van der Waals surface area contributed by atoms with Crippen LogP contribution >= 0.6 is 11.8 Å². The van der Waals surface area contributed by atoms with E-state index in [1.807, 2.05) is 6.07 Å². The van der Waals surface area contributed by atoms with Gasteiger partial charge >= 0.3 is 0 Å². The molecule has 0 bridgehead atoms. The summed E-state index contributed by atoms with van der Waals surface area (Å²) in [6, 6.07) is 10.9. The van der Waals surface area contributed by atoms with Crippen molar-refractivity contribution in [3.05, 3.63) is 81.7 Å². The number of rotatable bonds is 6. The molecule has 0 unspecified atom stereocenters. The van der Waals surface area contributed by atoms with Crippen LogP contribution in [0.1, 0.15) is 26.3 Å². The van der Waals surface area contributed by atoms with Crippen LogP contribution in [0.5, 0.6) is 0 Å². The Balaban J connectivity index is 1.46. The third-order valence-corrected chi connectivity index (χ3v) is 5.58. The highest BCUT2D eigenvalue weighted by Gasteiger charge is 2.41. The first kappa shape index (κ1) is 21.1. The molecule has 1 aromatic heterocycles. The summed E-state index contributed by atoms with van der Waals surface area (Å²) in [7, 11) is 0. The molecular weight excluding hydrogens is 434 g/mol. The summed E-state index contributed by atoms with van der Waals surface area (Å²) < 4.78 is 0. The first-order valence-electron chi connectivity index (χ1n) is 9.34. The molecule has 2 aromatic carbocycles. The number of benzene rings is 2. The van der Waals surface area contributed by atoms with Crippen LogP contribution in [0.25, 0.3) is 0 Å². The van der Waals surface area contributed by atoms with Crippen molar-refractivity contribution in [2.75, 3.05) is 11.9 Å². The summed E-state index contributed by atoms with van der Waals surface area (Å²) in [5.74, 6) is -2.20. The third-order valence-electron chi connectivity index (χ3n) is 4.70. The van der Waals surface area contributed by atoms with Crippen LogP contribution in [0, 0.1) is 17.0 Å². The van der Waals surface area contributed by atoms with Gasteiger partial charge in [-0.25, -0.2) is 9.97 Å². The minimum absolute atomic E-state index is 0.0855. The molecule has 160 valence electrons. The Kier molecular flexibility index (Phi) is 5.65. The zero-order valence-electron chi connectivity index (χ0n) is 16.6. The predicted molar refractivity (Wildman–Crippen MR) is 114 cm³/mol. The van der Waals surface area contributed by atoms with Crippen molar-refractivity contribution in [1.82, 2.24) is 14.9 Å². The highest BCUT2D eigenvalue weighted by molar-refractivity contribution is 7.99. The summed E-state index contributed by atoms with van der Waals surface area (Å²) in [5, 5.41) is 14.5. The van der Waals surface area contributed by atoms with Crippen LogP contribution in [0.4, 0.5) is 11.4 Å². The maximum absolute atomic E-state index is 12.6. The van der Waals surface area contributed by atoms with E-state index in [1.165, 1.54) is 23.9 Å². The lowest BCUT2D eigenvalue weighted by atomic mass is 10.1. The Bertz CT molecular complexity index is 1260. The maximum Gasteiger partial charge on any atom is 0.282 e. The minimum Gasteiger partial charge on any atom is -0.324 e. The van der Waals surface area contributed by atoms with Gasteiger partial charge in [0.15, 0.2) is 5.16 Å². The van der Waals surface area contributed by atoms with Gasteiger partial charge in [-0.2, -0.15) is 0 Å². The monoisotopic (exact) mass is 449 g/mol. The van der Waals surface area contributed by atoms with Crippen molar-refractivity contribution in [1.29, 1.82) is 0 Å². The van der Waals surface area contributed by atoms with E-state index in [-0.39, 0.29) is 11.1 Å². The van der Waals surface area contributed by atoms with Gasteiger partial charge in [0.05, 0.1) is 10.5 Å². The lowest BCUT2D eigenvalue weighted by molar-refractivity contribution is -0.385. The van der Waals surface area contributed by atoms with Crippen molar-refractivity contribution in [3.8, 4) is 0 Å². The molecule has 2 heterocycles. The quantitative estimate of drug-likeness (QED) is 0.262. The van der Waals surface area contributed by atoms with Gasteiger partial charge in [0.25, 0.3) is 17.5 Å². The van der Waals surface area contributed by atoms with Gasteiger partial charge in [-0.15, -0.1) is 0 Å². The molecule has 0 aliphatic carbocycles. The molecule has 11 heteroatoms. The second kappa shape index (κ2) is 8.55. The van der Waals surface area contributed by atoms with E-state index in [0.29, 0.717) is 15.7 Å². The number of hydrogen-bond donors (Lipinski definition) is 1. The zero-order chi connectivity index (χ0) is 22.8. The second-order valence-corrected chi connectivity index (χ2v) is 7.85. The largest absolute Gasteiger partial charge is 0.324 e. The van der Waals surface area contributed by atoms with Crippen molar-refractivity contribution in [3.63, 3.8) is 0 Å². The van der Waals surface area contributed by atoms with Gasteiger partial charge in [-0.1, -0.05) is 6.07 Å². The summed E-state index contributed by atoms with van der Waals surface area (Å²) in [6.07, 6.45) is 3.29. The first-order chi connectivity index (χ1) is 15.3. The zero-order valence-corrected chi connectivity index (χ0v) is 17.5. The molecule has 1 aliphatic heterocycles. The highest BCUT2D eigenvalue weighted by atomic mass is 32.2. The number of nitro benzene ring substituents is 1. The predicted octanol–water partition coefficient (Wildman–Crippen LogP) is 3.08. The topological polar surface area (TPSA) is 135 Å². The van der Waals surface area contributed by atoms with Gasteiger partial charge in [-0.05, 0) is 54.6 Å². The highest BCUT2D eigenvalue weighted by Crippen LogP contribution is 2.31. The number of fused-ring (bicyclic) bond motifs is 1. The minimum atomic E-state index is -0.862. The number of imide groups is 1. The van der Waals surface area contributed by atoms with Crippen LogP contribution < -0.4 is 5.32 Å². The number of amides is 3. The number of aryl methyl sites for hydroxylation is 1. The maximum atomic E-state index is 12.6. The Morgan fingerprint density at radius 1 is 1.12 bits per heavy atom. The van der Waals surface area contributed by atoms with Crippen molar-refractivity contribution < 1.29 is 19.3 Å². The summed E-state index contributed by atoms with van der Waals surface area (Å²) in [4.78, 5) is 58.1. The van der Waals surface area contributed by atoms with Crippen LogP contribution in [0.3, 0.4) is 0 Å². The Hall–Kier alpha value is -4.12. The van der Waals surface area contributed by atoms with Crippen molar-refractivity contribution in [2.45, 2.75) is 17.0 Å². The first-order valence-corrected chi connectivity index (χ1v) is 10.2. The van der Waals surface area contributed by atoms with Gasteiger partial charge in [-0.3, -0.25) is 29.4 Å².